The predicted octanol–water partition coefficient (Wildman–Crippen LogP) is 1.17. The molecule has 1 aliphatic carbocycles. The minimum atomic E-state index is 0.632. The molecular weight excluding hydrogens is 146 g/mol. The van der Waals surface area contributed by atoms with Crippen molar-refractivity contribution in [3.05, 3.63) is 35.0 Å². The summed E-state index contributed by atoms with van der Waals surface area (Å²) in [6.45, 7) is 2.24. The topological polar surface area (TPSA) is 15.8 Å². The van der Waals surface area contributed by atoms with E-state index in [-0.39, 0.29) is 0 Å². The van der Waals surface area contributed by atoms with Gasteiger partial charge in [0.05, 0.1) is 0 Å². The average Bonchev–Trinajstić information content (AvgIpc) is 2.42. The normalized spacial score (nSPS) is 27.2. The van der Waals surface area contributed by atoms with Gasteiger partial charge in [-0.2, -0.15) is 0 Å². The van der Waals surface area contributed by atoms with Crippen LogP contribution < -0.4 is 10.6 Å². The van der Waals surface area contributed by atoms with Crippen LogP contribution in [0.4, 0.5) is 0 Å². The smallest absolute Gasteiger partial charge is 0.0416 e. The molecule has 1 aliphatic rings. The zero-order chi connectivity index (χ0) is 8.39. The lowest BCUT2D eigenvalue weighted by Crippen LogP contribution is -2.23. The summed E-state index contributed by atoms with van der Waals surface area (Å²) in [5, 5.41) is 2.55. The van der Waals surface area contributed by atoms with E-state index in [1.54, 1.807) is 0 Å². The fourth-order valence-corrected chi connectivity index (χ4v) is 1.50. The van der Waals surface area contributed by atoms with Gasteiger partial charge < -0.3 is 4.98 Å². The number of aromatic nitrogens is 1. The van der Waals surface area contributed by atoms with E-state index >= 15 is 0 Å². The molecule has 2 rings (SSSR count). The van der Waals surface area contributed by atoms with Crippen LogP contribution in [0.2, 0.25) is 0 Å². The minimum absolute atomic E-state index is 0.632. The summed E-state index contributed by atoms with van der Waals surface area (Å²) < 4.78 is 0. The average molecular weight is 159 g/mol. The van der Waals surface area contributed by atoms with Crippen molar-refractivity contribution >= 4 is 12.2 Å². The monoisotopic (exact) mass is 159 g/mol. The van der Waals surface area contributed by atoms with Crippen molar-refractivity contribution in [1.82, 2.24) is 4.98 Å². The van der Waals surface area contributed by atoms with E-state index < -0.39 is 0 Å². The van der Waals surface area contributed by atoms with Crippen molar-refractivity contribution < 1.29 is 0 Å². The largest absolute Gasteiger partial charge is 0.361 e. The van der Waals surface area contributed by atoms with Crippen molar-refractivity contribution in [3.63, 3.8) is 0 Å². The first kappa shape index (κ1) is 7.41. The summed E-state index contributed by atoms with van der Waals surface area (Å²) in [6.07, 6.45) is 11.9. The molecule has 1 heterocycles. The van der Waals surface area contributed by atoms with Crippen LogP contribution in [0.3, 0.4) is 0 Å². The Labute approximate surface area is 72.1 Å². The molecule has 0 amide bonds. The van der Waals surface area contributed by atoms with Crippen molar-refractivity contribution in [1.29, 1.82) is 0 Å². The molecule has 62 valence electrons. The quantitative estimate of drug-likeness (QED) is 0.585. The fraction of sp³-hybridized carbons (Fsp3) is 0.273. The highest BCUT2D eigenvalue weighted by Gasteiger charge is 1.96. The van der Waals surface area contributed by atoms with Gasteiger partial charge in [0, 0.05) is 11.5 Å². The summed E-state index contributed by atoms with van der Waals surface area (Å²) in [6, 6.07) is 2.11. The highest BCUT2D eigenvalue weighted by atomic mass is 14.6. The zero-order valence-corrected chi connectivity index (χ0v) is 7.25. The Hall–Kier alpha value is -1.24. The summed E-state index contributed by atoms with van der Waals surface area (Å²) in [5.41, 5.74) is 0. The lowest BCUT2D eigenvalue weighted by molar-refractivity contribution is 0.782. The van der Waals surface area contributed by atoms with E-state index in [4.69, 9.17) is 0 Å². The molecule has 0 spiro atoms. The van der Waals surface area contributed by atoms with Gasteiger partial charge in [0.2, 0.25) is 0 Å². The van der Waals surface area contributed by atoms with Crippen molar-refractivity contribution in [2.45, 2.75) is 13.3 Å². The Morgan fingerprint density at radius 2 is 2.42 bits per heavy atom. The van der Waals surface area contributed by atoms with Crippen LogP contribution in [0, 0.1) is 5.92 Å². The van der Waals surface area contributed by atoms with Crippen molar-refractivity contribution in [3.8, 4) is 0 Å². The Morgan fingerprint density at radius 3 is 3.33 bits per heavy atom. The van der Waals surface area contributed by atoms with Crippen LogP contribution in [0.1, 0.15) is 13.3 Å². The van der Waals surface area contributed by atoms with E-state index in [1.165, 1.54) is 10.6 Å². The molecule has 1 N–H and O–H groups in total. The van der Waals surface area contributed by atoms with E-state index in [1.807, 2.05) is 6.20 Å². The first-order valence-electron chi connectivity index (χ1n) is 4.38. The van der Waals surface area contributed by atoms with Gasteiger partial charge in [-0.3, -0.25) is 0 Å². The predicted molar refractivity (Wildman–Crippen MR) is 51.9 cm³/mol. The minimum Gasteiger partial charge on any atom is -0.361 e. The summed E-state index contributed by atoms with van der Waals surface area (Å²) in [4.78, 5) is 3.24. The maximum absolute atomic E-state index is 3.24. The van der Waals surface area contributed by atoms with Crippen LogP contribution in [-0.4, -0.2) is 4.98 Å². The molecule has 1 heteroatoms. The number of hydrogen-bond donors (Lipinski definition) is 1. The van der Waals surface area contributed by atoms with Crippen molar-refractivity contribution in [2.24, 2.45) is 5.92 Å². The van der Waals surface area contributed by atoms with Gasteiger partial charge in [-0.1, -0.05) is 31.2 Å². The second kappa shape index (κ2) is 3.02. The lowest BCUT2D eigenvalue weighted by atomic mass is 10.1. The molecule has 1 aromatic rings. The Kier molecular flexibility index (Phi) is 1.86. The van der Waals surface area contributed by atoms with Gasteiger partial charge >= 0.3 is 0 Å². The van der Waals surface area contributed by atoms with E-state index in [0.29, 0.717) is 5.92 Å². The third kappa shape index (κ3) is 1.35. The van der Waals surface area contributed by atoms with Gasteiger partial charge in [-0.25, -0.2) is 0 Å². The number of fused-ring (bicyclic) bond motifs is 1. The molecular formula is C11H13N. The van der Waals surface area contributed by atoms with Crippen LogP contribution in [-0.2, 0) is 0 Å². The highest BCUT2D eigenvalue weighted by Crippen LogP contribution is 2.04. The first-order chi connectivity index (χ1) is 5.86. The Balaban J connectivity index is 2.66. The fourth-order valence-electron chi connectivity index (χ4n) is 1.50. The van der Waals surface area contributed by atoms with Gasteiger partial charge in [0.15, 0.2) is 0 Å². The third-order valence-electron chi connectivity index (χ3n) is 2.18. The molecule has 1 nitrogen and oxygen atoms in total. The van der Waals surface area contributed by atoms with Crippen LogP contribution in [0.15, 0.2) is 24.4 Å². The van der Waals surface area contributed by atoms with E-state index in [2.05, 4.69) is 42.3 Å². The van der Waals surface area contributed by atoms with Gasteiger partial charge in [0.1, 0.15) is 0 Å². The molecule has 1 aromatic heterocycles. The zero-order valence-electron chi connectivity index (χ0n) is 7.25. The van der Waals surface area contributed by atoms with Crippen LogP contribution in [0.5, 0.6) is 0 Å². The molecule has 0 saturated carbocycles. The molecule has 0 saturated heterocycles. The number of hydrogen-bond acceptors (Lipinski definition) is 0. The first-order valence-corrected chi connectivity index (χ1v) is 4.38. The van der Waals surface area contributed by atoms with Gasteiger partial charge in [-0.15, -0.1) is 0 Å². The third-order valence-corrected chi connectivity index (χ3v) is 2.18. The number of H-pyrrole nitrogens is 1. The molecule has 0 bridgehead atoms. The highest BCUT2D eigenvalue weighted by molar-refractivity contribution is 5.40. The Morgan fingerprint density at radius 1 is 1.50 bits per heavy atom. The van der Waals surface area contributed by atoms with Crippen LogP contribution in [0.25, 0.3) is 12.2 Å². The SMILES string of the molecule is CC1/C=c2/[nH]cc/c2=C/C=CC1. The molecule has 0 aliphatic heterocycles. The van der Waals surface area contributed by atoms with E-state index in [0.717, 1.165) is 6.42 Å². The number of rotatable bonds is 0. The Bertz CT molecular complexity index is 395. The number of aromatic amines is 1. The summed E-state index contributed by atoms with van der Waals surface area (Å²) >= 11 is 0. The maximum atomic E-state index is 3.24. The summed E-state index contributed by atoms with van der Waals surface area (Å²) in [7, 11) is 0. The molecule has 1 atom stereocenters. The maximum Gasteiger partial charge on any atom is 0.0416 e. The molecule has 0 radical (unpaired) electrons. The molecule has 0 aromatic carbocycles. The number of nitrogens with one attached hydrogen (secondary N) is 1. The second-order valence-corrected chi connectivity index (χ2v) is 3.32. The summed E-state index contributed by atoms with van der Waals surface area (Å²) in [5.74, 6) is 0.632. The molecule has 12 heavy (non-hydrogen) atoms. The molecule has 0 fully saturated rings. The lowest BCUT2D eigenvalue weighted by Gasteiger charge is -2.00. The number of allylic oxidation sites excluding steroid dienone is 2. The standard InChI is InChI=1S/C11H13N/c1-9-4-2-3-5-10-6-7-12-11(10)8-9/h2-3,5-9,12H,4H2,1H3/b3-2?,10-5-,11-8+. The van der Waals surface area contributed by atoms with E-state index in [9.17, 15) is 0 Å². The van der Waals surface area contributed by atoms with Crippen molar-refractivity contribution in [2.75, 3.05) is 0 Å². The molecule has 1 unspecified atom stereocenters. The van der Waals surface area contributed by atoms with Gasteiger partial charge in [-0.05, 0) is 23.6 Å². The van der Waals surface area contributed by atoms with Crippen LogP contribution >= 0.6 is 0 Å². The van der Waals surface area contributed by atoms with Gasteiger partial charge in [0.25, 0.3) is 0 Å². The second-order valence-electron chi connectivity index (χ2n) is 3.32.